The molecule has 3 aromatic carbocycles. The number of aliphatic hydroxyl groups excluding tert-OH is 1. The van der Waals surface area contributed by atoms with E-state index in [0.29, 0.717) is 44.5 Å². The second kappa shape index (κ2) is 13.1. The van der Waals surface area contributed by atoms with E-state index in [-0.39, 0.29) is 0 Å². The van der Waals surface area contributed by atoms with Gasteiger partial charge in [0.2, 0.25) is 5.88 Å². The van der Waals surface area contributed by atoms with Crippen LogP contribution in [-0.2, 0) is 17.8 Å². The lowest BCUT2D eigenvalue weighted by Crippen LogP contribution is -2.34. The predicted octanol–water partition coefficient (Wildman–Crippen LogP) is 5.38. The number of benzene rings is 3. The average Bonchev–Trinajstić information content (AvgIpc) is 3.23. The highest BCUT2D eigenvalue weighted by Gasteiger charge is 2.23. The van der Waals surface area contributed by atoms with Crippen LogP contribution in [0.1, 0.15) is 23.7 Å². The van der Waals surface area contributed by atoms with Gasteiger partial charge in [-0.3, -0.25) is 4.90 Å². The van der Waals surface area contributed by atoms with Crippen LogP contribution in [0.25, 0.3) is 5.69 Å². The van der Waals surface area contributed by atoms with Crippen molar-refractivity contribution in [3.8, 4) is 23.1 Å². The smallest absolute Gasteiger partial charge is 0.227 e. The summed E-state index contributed by atoms with van der Waals surface area (Å²) >= 11 is 0. The molecule has 0 aliphatic carbocycles. The number of hydrogen-bond donors (Lipinski definition) is 1. The first-order valence-electron chi connectivity index (χ1n) is 12.5. The Balaban J connectivity index is 1.69. The van der Waals surface area contributed by atoms with Crippen molar-refractivity contribution in [1.82, 2.24) is 14.7 Å². The molecule has 0 radical (unpaired) electrons. The third-order valence-electron chi connectivity index (χ3n) is 6.03. The minimum atomic E-state index is -0.612. The van der Waals surface area contributed by atoms with Gasteiger partial charge in [0.05, 0.1) is 36.8 Å². The molecule has 7 heteroatoms. The molecular formula is C30H35N3O4. The van der Waals surface area contributed by atoms with Gasteiger partial charge in [-0.2, -0.15) is 5.10 Å². The van der Waals surface area contributed by atoms with Gasteiger partial charge < -0.3 is 19.3 Å². The monoisotopic (exact) mass is 501 g/mol. The Morgan fingerprint density at radius 2 is 1.54 bits per heavy atom. The Labute approximate surface area is 218 Å². The molecule has 1 atom stereocenters. The van der Waals surface area contributed by atoms with Gasteiger partial charge in [-0.05, 0) is 55.8 Å². The van der Waals surface area contributed by atoms with Crippen LogP contribution in [0, 0.1) is 6.92 Å². The van der Waals surface area contributed by atoms with Gasteiger partial charge in [0.25, 0.3) is 0 Å². The summed E-state index contributed by atoms with van der Waals surface area (Å²) in [6.45, 7) is 6.44. The lowest BCUT2D eigenvalue weighted by Gasteiger charge is -2.25. The molecule has 1 heterocycles. The molecule has 7 nitrogen and oxygen atoms in total. The van der Waals surface area contributed by atoms with E-state index in [1.807, 2.05) is 91.3 Å². The number of methoxy groups -OCH3 is 1. The number of aromatic nitrogens is 2. The highest BCUT2D eigenvalue weighted by atomic mass is 16.5. The molecule has 0 saturated carbocycles. The molecule has 0 saturated heterocycles. The van der Waals surface area contributed by atoms with Crippen molar-refractivity contribution in [3.63, 3.8) is 0 Å². The highest BCUT2D eigenvalue weighted by molar-refractivity contribution is 5.44. The second-order valence-electron chi connectivity index (χ2n) is 8.86. The standard InChI is InChI=1S/C30H35N3O4/c1-4-36-22-26(34)20-32(19-24-11-7-5-8-12-24)21-29-23(2)31-33(25-13-9-6-10-14-25)30(29)37-28-17-15-27(35-3)16-18-28/h5-18,26,34H,4,19-22H2,1-3H3/t26-/m0/s1. The first-order valence-corrected chi connectivity index (χ1v) is 12.5. The van der Waals surface area contributed by atoms with Gasteiger partial charge in [0, 0.05) is 26.2 Å². The van der Waals surface area contributed by atoms with Crippen LogP contribution < -0.4 is 9.47 Å². The molecule has 194 valence electrons. The van der Waals surface area contributed by atoms with Gasteiger partial charge in [-0.25, -0.2) is 4.68 Å². The van der Waals surface area contributed by atoms with Crippen LogP contribution in [0.5, 0.6) is 17.4 Å². The summed E-state index contributed by atoms with van der Waals surface area (Å²) in [5.41, 5.74) is 3.90. The van der Waals surface area contributed by atoms with Crippen molar-refractivity contribution in [2.45, 2.75) is 33.0 Å². The van der Waals surface area contributed by atoms with Crippen molar-refractivity contribution < 1.29 is 19.3 Å². The Morgan fingerprint density at radius 3 is 2.19 bits per heavy atom. The minimum absolute atomic E-state index is 0.291. The number of aryl methyl sites for hydroxylation is 1. The first-order chi connectivity index (χ1) is 18.1. The Morgan fingerprint density at radius 1 is 0.892 bits per heavy atom. The summed E-state index contributed by atoms with van der Waals surface area (Å²) in [6.07, 6.45) is -0.612. The van der Waals surface area contributed by atoms with Crippen molar-refractivity contribution in [1.29, 1.82) is 0 Å². The number of aliphatic hydroxyl groups is 1. The van der Waals surface area contributed by atoms with Crippen LogP contribution in [0.15, 0.2) is 84.9 Å². The molecule has 0 fully saturated rings. The Bertz CT molecular complexity index is 1230. The fraction of sp³-hybridized carbons (Fsp3) is 0.300. The largest absolute Gasteiger partial charge is 0.497 e. The quantitative estimate of drug-likeness (QED) is 0.265. The molecule has 0 unspecified atom stereocenters. The number of nitrogens with zero attached hydrogens (tertiary/aromatic N) is 3. The molecule has 37 heavy (non-hydrogen) atoms. The zero-order chi connectivity index (χ0) is 26.0. The maximum atomic E-state index is 10.7. The summed E-state index contributed by atoms with van der Waals surface area (Å²) in [5.74, 6) is 2.09. The van der Waals surface area contributed by atoms with E-state index >= 15 is 0 Å². The van der Waals surface area contributed by atoms with Gasteiger partial charge in [0.1, 0.15) is 11.5 Å². The number of rotatable bonds is 13. The van der Waals surface area contributed by atoms with Gasteiger partial charge in [0.15, 0.2) is 0 Å². The van der Waals surface area contributed by atoms with E-state index in [1.54, 1.807) is 7.11 Å². The predicted molar refractivity (Wildman–Crippen MR) is 144 cm³/mol. The van der Waals surface area contributed by atoms with E-state index in [1.165, 1.54) is 0 Å². The molecule has 0 aliphatic heterocycles. The normalized spacial score (nSPS) is 12.0. The molecule has 1 aromatic heterocycles. The fourth-order valence-corrected chi connectivity index (χ4v) is 4.18. The topological polar surface area (TPSA) is 69.0 Å². The van der Waals surface area contributed by atoms with Crippen molar-refractivity contribution in [2.24, 2.45) is 0 Å². The molecular weight excluding hydrogens is 466 g/mol. The van der Waals surface area contributed by atoms with Crippen molar-refractivity contribution in [3.05, 3.63) is 102 Å². The van der Waals surface area contributed by atoms with Crippen molar-refractivity contribution >= 4 is 0 Å². The number of hydrogen-bond acceptors (Lipinski definition) is 6. The van der Waals surface area contributed by atoms with Crippen molar-refractivity contribution in [2.75, 3.05) is 26.9 Å². The van der Waals surface area contributed by atoms with E-state index in [9.17, 15) is 5.11 Å². The van der Waals surface area contributed by atoms with Gasteiger partial charge in [-0.15, -0.1) is 0 Å². The summed E-state index contributed by atoms with van der Waals surface area (Å²) < 4.78 is 19.1. The lowest BCUT2D eigenvalue weighted by molar-refractivity contribution is 0.0178. The van der Waals surface area contributed by atoms with Gasteiger partial charge >= 0.3 is 0 Å². The molecule has 0 bridgehead atoms. The van der Waals surface area contributed by atoms with E-state index in [2.05, 4.69) is 17.0 Å². The number of ether oxygens (including phenoxy) is 3. The molecule has 0 spiro atoms. The van der Waals surface area contributed by atoms with Crippen LogP contribution in [-0.4, -0.2) is 52.8 Å². The molecule has 4 aromatic rings. The molecule has 1 N–H and O–H groups in total. The maximum Gasteiger partial charge on any atom is 0.227 e. The number of para-hydroxylation sites is 1. The first kappa shape index (κ1) is 26.4. The Kier molecular flexibility index (Phi) is 9.32. The highest BCUT2D eigenvalue weighted by Crippen LogP contribution is 2.32. The zero-order valence-electron chi connectivity index (χ0n) is 21.7. The van der Waals surface area contributed by atoms with E-state index in [4.69, 9.17) is 19.3 Å². The van der Waals surface area contributed by atoms with Gasteiger partial charge in [-0.1, -0.05) is 48.5 Å². The Hall–Kier alpha value is -3.65. The summed E-state index contributed by atoms with van der Waals surface area (Å²) in [4.78, 5) is 2.21. The van der Waals surface area contributed by atoms with Crippen LogP contribution in [0.3, 0.4) is 0 Å². The maximum absolute atomic E-state index is 10.7. The third kappa shape index (κ3) is 7.20. The zero-order valence-corrected chi connectivity index (χ0v) is 21.7. The molecule has 4 rings (SSSR count). The van der Waals surface area contributed by atoms with E-state index < -0.39 is 6.10 Å². The third-order valence-corrected chi connectivity index (χ3v) is 6.03. The minimum Gasteiger partial charge on any atom is -0.497 e. The van der Waals surface area contributed by atoms with E-state index in [0.717, 1.165) is 28.3 Å². The second-order valence-corrected chi connectivity index (χ2v) is 8.86. The SMILES string of the molecule is CCOC[C@@H](O)CN(Cc1ccccc1)Cc1c(C)nn(-c2ccccc2)c1Oc1ccc(OC)cc1. The molecule has 0 amide bonds. The molecule has 0 aliphatic rings. The average molecular weight is 502 g/mol. The van der Waals surface area contributed by atoms with Crippen LogP contribution in [0.2, 0.25) is 0 Å². The lowest BCUT2D eigenvalue weighted by atomic mass is 10.1. The fourth-order valence-electron chi connectivity index (χ4n) is 4.18. The summed E-state index contributed by atoms with van der Waals surface area (Å²) in [7, 11) is 1.64. The summed E-state index contributed by atoms with van der Waals surface area (Å²) in [5, 5.41) is 15.5. The van der Waals surface area contributed by atoms with Crippen LogP contribution in [0.4, 0.5) is 0 Å². The summed E-state index contributed by atoms with van der Waals surface area (Å²) in [6, 6.07) is 27.7. The van der Waals surface area contributed by atoms with Crippen LogP contribution >= 0.6 is 0 Å².